The smallest absolute Gasteiger partial charge is 0.121 e. The molecule has 3 nitrogen and oxygen atoms in total. The van der Waals surface area contributed by atoms with Crippen molar-refractivity contribution in [2.75, 3.05) is 6.54 Å². The molecule has 82 valence electrons. The lowest BCUT2D eigenvalue weighted by atomic mass is 10.2. The third kappa shape index (κ3) is 3.22. The first kappa shape index (κ1) is 12.0. The van der Waals surface area contributed by atoms with E-state index in [4.69, 9.17) is 10.2 Å². The largest absolute Gasteiger partial charge is 0.287 e. The fourth-order valence-corrected chi connectivity index (χ4v) is 1.52. The highest BCUT2D eigenvalue weighted by Gasteiger charge is 2.17. The molecule has 1 aromatic rings. The molecule has 0 unspecified atom stereocenters. The molecule has 1 aromatic carbocycles. The molecule has 0 saturated carbocycles. The predicted octanol–water partition coefficient (Wildman–Crippen LogP) is 2.61. The summed E-state index contributed by atoms with van der Waals surface area (Å²) in [6.07, 6.45) is 1.88. The van der Waals surface area contributed by atoms with Gasteiger partial charge in [-0.2, -0.15) is 0 Å². The first-order valence-corrected chi connectivity index (χ1v) is 4.88. The third-order valence-electron chi connectivity index (χ3n) is 2.31. The molecule has 1 aliphatic rings. The van der Waals surface area contributed by atoms with Crippen molar-refractivity contribution in [2.45, 2.75) is 19.4 Å². The van der Waals surface area contributed by atoms with E-state index in [2.05, 4.69) is 0 Å². The van der Waals surface area contributed by atoms with Crippen molar-refractivity contribution < 1.29 is 4.84 Å². The summed E-state index contributed by atoms with van der Waals surface area (Å²) < 4.78 is 0. The summed E-state index contributed by atoms with van der Waals surface area (Å²) in [5.74, 6) is 0.598. The van der Waals surface area contributed by atoms with Crippen molar-refractivity contribution in [2.24, 2.45) is 0 Å². The number of benzene rings is 1. The van der Waals surface area contributed by atoms with Crippen LogP contribution >= 0.6 is 12.4 Å². The van der Waals surface area contributed by atoms with Gasteiger partial charge in [-0.3, -0.25) is 10.2 Å². The highest BCUT2D eigenvalue weighted by molar-refractivity contribution is 5.85. The van der Waals surface area contributed by atoms with E-state index in [1.165, 1.54) is 0 Å². The number of nitrogens with zero attached hydrogens (tertiary/aromatic N) is 1. The van der Waals surface area contributed by atoms with Crippen molar-refractivity contribution in [3.05, 3.63) is 35.9 Å². The van der Waals surface area contributed by atoms with Crippen molar-refractivity contribution in [3.63, 3.8) is 0 Å². The molecule has 1 N–H and O–H groups in total. The Bertz CT molecular complexity index is 316. The number of amidine groups is 1. The van der Waals surface area contributed by atoms with Crippen molar-refractivity contribution in [1.29, 1.82) is 5.41 Å². The molecule has 2 rings (SSSR count). The van der Waals surface area contributed by atoms with Crippen LogP contribution < -0.4 is 0 Å². The minimum Gasteiger partial charge on any atom is -0.287 e. The van der Waals surface area contributed by atoms with Gasteiger partial charge >= 0.3 is 0 Å². The zero-order chi connectivity index (χ0) is 9.80. The van der Waals surface area contributed by atoms with Gasteiger partial charge in [-0.05, 0) is 12.0 Å². The lowest BCUT2D eigenvalue weighted by Crippen LogP contribution is -2.24. The SMILES string of the molecule is Cl.N=C1CCCN1OCc1ccccc1. The van der Waals surface area contributed by atoms with Gasteiger partial charge in [-0.25, -0.2) is 5.06 Å². The minimum atomic E-state index is 0. The van der Waals surface area contributed by atoms with E-state index in [1.54, 1.807) is 5.06 Å². The van der Waals surface area contributed by atoms with Gasteiger partial charge in [0.1, 0.15) is 5.84 Å². The Hall–Kier alpha value is -1.06. The van der Waals surface area contributed by atoms with Crippen molar-refractivity contribution in [1.82, 2.24) is 5.06 Å². The minimum absolute atomic E-state index is 0. The molecular weight excluding hydrogens is 212 g/mol. The zero-order valence-corrected chi connectivity index (χ0v) is 9.30. The Kier molecular flexibility index (Phi) is 4.59. The number of hydrogen-bond donors (Lipinski definition) is 1. The first-order valence-electron chi connectivity index (χ1n) is 4.88. The van der Waals surface area contributed by atoms with E-state index in [-0.39, 0.29) is 12.4 Å². The van der Waals surface area contributed by atoms with Gasteiger partial charge in [0, 0.05) is 13.0 Å². The van der Waals surface area contributed by atoms with Gasteiger partial charge in [0.25, 0.3) is 0 Å². The van der Waals surface area contributed by atoms with Crippen LogP contribution in [0.25, 0.3) is 0 Å². The van der Waals surface area contributed by atoms with E-state index in [9.17, 15) is 0 Å². The molecule has 0 radical (unpaired) electrons. The normalized spacial score (nSPS) is 15.2. The molecular formula is C11H15ClN2O. The van der Waals surface area contributed by atoms with Crippen LogP contribution in [0.3, 0.4) is 0 Å². The highest BCUT2D eigenvalue weighted by Crippen LogP contribution is 2.12. The molecule has 1 heterocycles. The van der Waals surface area contributed by atoms with Crippen LogP contribution in [0.1, 0.15) is 18.4 Å². The van der Waals surface area contributed by atoms with E-state index < -0.39 is 0 Å². The Morgan fingerprint density at radius 1 is 1.27 bits per heavy atom. The predicted molar refractivity (Wildman–Crippen MR) is 62.1 cm³/mol. The molecule has 4 heteroatoms. The van der Waals surface area contributed by atoms with Crippen LogP contribution in [-0.2, 0) is 11.4 Å². The van der Waals surface area contributed by atoms with Crippen LogP contribution in [0.15, 0.2) is 30.3 Å². The molecule has 0 atom stereocenters. The summed E-state index contributed by atoms with van der Waals surface area (Å²) in [7, 11) is 0. The number of nitrogens with one attached hydrogen (secondary N) is 1. The Morgan fingerprint density at radius 3 is 2.60 bits per heavy atom. The third-order valence-corrected chi connectivity index (χ3v) is 2.31. The van der Waals surface area contributed by atoms with Gasteiger partial charge in [0.2, 0.25) is 0 Å². The van der Waals surface area contributed by atoms with Gasteiger partial charge in [0.05, 0.1) is 6.61 Å². The van der Waals surface area contributed by atoms with Crippen LogP contribution in [0.4, 0.5) is 0 Å². The molecule has 1 fully saturated rings. The number of halogens is 1. The molecule has 1 aliphatic heterocycles. The average Bonchev–Trinajstić information content (AvgIpc) is 2.63. The molecule has 0 aromatic heterocycles. The topological polar surface area (TPSA) is 36.3 Å². The number of hydrogen-bond acceptors (Lipinski definition) is 2. The van der Waals surface area contributed by atoms with Crippen molar-refractivity contribution >= 4 is 18.2 Å². The second-order valence-electron chi connectivity index (χ2n) is 3.41. The molecule has 0 aliphatic carbocycles. The monoisotopic (exact) mass is 226 g/mol. The first-order chi connectivity index (χ1) is 6.86. The van der Waals surface area contributed by atoms with E-state index >= 15 is 0 Å². The van der Waals surface area contributed by atoms with Gasteiger partial charge in [-0.1, -0.05) is 30.3 Å². The summed E-state index contributed by atoms with van der Waals surface area (Å²) in [5, 5.41) is 9.26. The van der Waals surface area contributed by atoms with Crippen LogP contribution in [-0.4, -0.2) is 17.4 Å². The molecule has 0 bridgehead atoms. The van der Waals surface area contributed by atoms with E-state index in [0.29, 0.717) is 12.4 Å². The van der Waals surface area contributed by atoms with Crippen LogP contribution in [0.5, 0.6) is 0 Å². The standard InChI is InChI=1S/C11H14N2O.ClH/c12-11-7-4-8-13(11)14-9-10-5-2-1-3-6-10;/h1-3,5-6,12H,4,7-9H2;1H. The maximum atomic E-state index is 7.57. The van der Waals surface area contributed by atoms with Gasteiger partial charge in [0.15, 0.2) is 0 Å². The molecule has 1 saturated heterocycles. The van der Waals surface area contributed by atoms with Crippen LogP contribution in [0, 0.1) is 5.41 Å². The quantitative estimate of drug-likeness (QED) is 0.860. The Morgan fingerprint density at radius 2 is 2.00 bits per heavy atom. The summed E-state index contributed by atoms with van der Waals surface area (Å²) in [4.78, 5) is 5.51. The highest BCUT2D eigenvalue weighted by atomic mass is 35.5. The fourth-order valence-electron chi connectivity index (χ4n) is 1.52. The van der Waals surface area contributed by atoms with Gasteiger partial charge in [-0.15, -0.1) is 12.4 Å². The van der Waals surface area contributed by atoms with Gasteiger partial charge < -0.3 is 0 Å². The summed E-state index contributed by atoms with van der Waals surface area (Å²) in [5.41, 5.74) is 1.15. The van der Waals surface area contributed by atoms with E-state index in [1.807, 2.05) is 30.3 Å². The number of hydroxylamine groups is 2. The van der Waals surface area contributed by atoms with E-state index in [0.717, 1.165) is 24.9 Å². The van der Waals surface area contributed by atoms with Crippen LogP contribution in [0.2, 0.25) is 0 Å². The summed E-state index contributed by atoms with van der Waals surface area (Å²) in [6.45, 7) is 1.41. The molecule has 0 spiro atoms. The number of rotatable bonds is 3. The molecule has 15 heavy (non-hydrogen) atoms. The maximum Gasteiger partial charge on any atom is 0.121 e. The zero-order valence-electron chi connectivity index (χ0n) is 8.48. The second kappa shape index (κ2) is 5.73. The van der Waals surface area contributed by atoms with Crippen molar-refractivity contribution in [3.8, 4) is 0 Å². The Labute approximate surface area is 95.9 Å². The average molecular weight is 227 g/mol. The Balaban J connectivity index is 0.00000112. The fraction of sp³-hybridized carbons (Fsp3) is 0.364. The summed E-state index contributed by atoms with van der Waals surface area (Å²) >= 11 is 0. The lowest BCUT2D eigenvalue weighted by molar-refractivity contribution is -0.104. The lowest BCUT2D eigenvalue weighted by Gasteiger charge is -2.16. The second-order valence-corrected chi connectivity index (χ2v) is 3.41. The summed E-state index contributed by atoms with van der Waals surface area (Å²) in [6, 6.07) is 10.0. The molecule has 0 amide bonds. The maximum absolute atomic E-state index is 7.57.